The molecular formula is C21H33N2O3+. The van der Waals surface area contributed by atoms with Crippen molar-refractivity contribution in [3.63, 3.8) is 0 Å². The molecule has 1 amide bonds. The van der Waals surface area contributed by atoms with E-state index in [2.05, 4.69) is 26.1 Å². The van der Waals surface area contributed by atoms with Crippen LogP contribution in [0.4, 0.5) is 0 Å². The Kier molecular flexibility index (Phi) is 6.41. The third kappa shape index (κ3) is 4.91. The van der Waals surface area contributed by atoms with Crippen molar-refractivity contribution in [2.24, 2.45) is 11.8 Å². The van der Waals surface area contributed by atoms with E-state index < -0.39 is 0 Å². The molecular weight excluding hydrogens is 328 g/mol. The van der Waals surface area contributed by atoms with E-state index in [-0.39, 0.29) is 11.9 Å². The first-order valence-corrected chi connectivity index (χ1v) is 10.1. The summed E-state index contributed by atoms with van der Waals surface area (Å²) < 4.78 is 11.5. The molecule has 0 unspecified atom stereocenters. The van der Waals surface area contributed by atoms with E-state index in [0.29, 0.717) is 25.7 Å². The number of ether oxygens (including phenoxy) is 2. The molecule has 2 aliphatic rings. The van der Waals surface area contributed by atoms with Gasteiger partial charge in [-0.05, 0) is 42.4 Å². The fraction of sp³-hybridized carbons (Fsp3) is 0.667. The number of amides is 1. The van der Waals surface area contributed by atoms with Gasteiger partial charge in [-0.25, -0.2) is 0 Å². The normalized spacial score (nSPS) is 24.0. The van der Waals surface area contributed by atoms with Crippen LogP contribution < -0.4 is 19.7 Å². The second-order valence-electron chi connectivity index (χ2n) is 8.16. The molecule has 2 heterocycles. The molecule has 26 heavy (non-hydrogen) atoms. The lowest BCUT2D eigenvalue weighted by Crippen LogP contribution is -3.14. The van der Waals surface area contributed by atoms with Gasteiger partial charge >= 0.3 is 0 Å². The predicted molar refractivity (Wildman–Crippen MR) is 102 cm³/mol. The van der Waals surface area contributed by atoms with Crippen molar-refractivity contribution in [2.45, 2.75) is 46.1 Å². The fourth-order valence-corrected chi connectivity index (χ4v) is 3.81. The molecule has 5 nitrogen and oxygen atoms in total. The third-order valence-corrected chi connectivity index (χ3v) is 5.51. The topological polar surface area (TPSA) is 52.0 Å². The van der Waals surface area contributed by atoms with E-state index in [1.807, 2.05) is 18.2 Å². The summed E-state index contributed by atoms with van der Waals surface area (Å²) in [5.41, 5.74) is 1.08. The summed E-state index contributed by atoms with van der Waals surface area (Å²) in [6.45, 7) is 10.7. The Bertz CT molecular complexity index is 609. The van der Waals surface area contributed by atoms with E-state index in [1.54, 1.807) is 0 Å². The van der Waals surface area contributed by atoms with Crippen LogP contribution in [0.2, 0.25) is 0 Å². The Hall–Kier alpha value is -1.75. The third-order valence-electron chi connectivity index (χ3n) is 5.51. The molecule has 0 aromatic heterocycles. The Morgan fingerprint density at radius 3 is 2.58 bits per heavy atom. The van der Waals surface area contributed by atoms with Crippen LogP contribution in [0, 0.1) is 11.8 Å². The van der Waals surface area contributed by atoms with Crippen molar-refractivity contribution in [3.05, 3.63) is 23.8 Å². The lowest BCUT2D eigenvalue weighted by Gasteiger charge is -2.28. The molecule has 1 aromatic rings. The molecule has 1 fully saturated rings. The number of rotatable bonds is 5. The number of hydrogen-bond acceptors (Lipinski definition) is 3. The number of quaternary nitrogens is 1. The zero-order valence-electron chi connectivity index (χ0n) is 16.3. The highest BCUT2D eigenvalue weighted by Gasteiger charge is 2.25. The molecule has 1 saturated heterocycles. The highest BCUT2D eigenvalue weighted by molar-refractivity contribution is 5.77. The second-order valence-corrected chi connectivity index (χ2v) is 8.16. The first kappa shape index (κ1) is 19.0. The molecule has 0 spiro atoms. The summed E-state index contributed by atoms with van der Waals surface area (Å²) >= 11 is 0. The fourth-order valence-electron chi connectivity index (χ4n) is 3.81. The predicted octanol–water partition coefficient (Wildman–Crippen LogP) is 1.98. The first-order chi connectivity index (χ1) is 12.5. The number of carbonyl (C=O) groups is 1. The number of hydrogen-bond donors (Lipinski definition) is 2. The number of piperidine rings is 1. The number of benzene rings is 1. The first-order valence-electron chi connectivity index (χ1n) is 10.1. The smallest absolute Gasteiger partial charge is 0.275 e. The van der Waals surface area contributed by atoms with Gasteiger partial charge in [-0.15, -0.1) is 0 Å². The summed E-state index contributed by atoms with van der Waals surface area (Å²) in [6, 6.07) is 6.03. The maximum atomic E-state index is 12.6. The molecule has 2 N–H and O–H groups in total. The molecule has 3 rings (SSSR count). The van der Waals surface area contributed by atoms with E-state index in [1.165, 1.54) is 17.7 Å². The quantitative estimate of drug-likeness (QED) is 0.843. The minimum absolute atomic E-state index is 0.0113. The Morgan fingerprint density at radius 1 is 1.19 bits per heavy atom. The highest BCUT2D eigenvalue weighted by Crippen LogP contribution is 2.34. The van der Waals surface area contributed by atoms with Crippen molar-refractivity contribution < 1.29 is 19.2 Å². The van der Waals surface area contributed by atoms with Crippen LogP contribution in [0.25, 0.3) is 0 Å². The largest absolute Gasteiger partial charge is 0.490 e. The number of carbonyl (C=O) groups excluding carboxylic acids is 1. The molecule has 5 heteroatoms. The minimum Gasteiger partial charge on any atom is -0.490 e. The maximum Gasteiger partial charge on any atom is 0.275 e. The second kappa shape index (κ2) is 8.76. The number of likely N-dealkylation sites (tertiary alicyclic amines) is 1. The lowest BCUT2D eigenvalue weighted by atomic mass is 9.95. The molecule has 144 valence electrons. The number of nitrogens with one attached hydrogen (secondary N) is 2. The molecule has 0 saturated carbocycles. The van der Waals surface area contributed by atoms with Crippen LogP contribution >= 0.6 is 0 Å². The van der Waals surface area contributed by atoms with Gasteiger partial charge in [0.2, 0.25) is 0 Å². The SMILES string of the molecule is CC1CC[NH+](CC(=O)N[C@H](c2ccc3c(c2)OCCCO3)C(C)C)CC1. The van der Waals surface area contributed by atoms with E-state index in [4.69, 9.17) is 9.47 Å². The van der Waals surface area contributed by atoms with Crippen LogP contribution in [0.15, 0.2) is 18.2 Å². The van der Waals surface area contributed by atoms with Crippen molar-refractivity contribution in [2.75, 3.05) is 32.8 Å². The lowest BCUT2D eigenvalue weighted by molar-refractivity contribution is -0.898. The average molecular weight is 362 g/mol. The average Bonchev–Trinajstić information content (AvgIpc) is 2.86. The summed E-state index contributed by atoms with van der Waals surface area (Å²) in [4.78, 5) is 14.0. The number of fused-ring (bicyclic) bond motifs is 1. The van der Waals surface area contributed by atoms with Gasteiger partial charge < -0.3 is 19.7 Å². The van der Waals surface area contributed by atoms with Crippen molar-refractivity contribution in [3.8, 4) is 11.5 Å². The van der Waals surface area contributed by atoms with Gasteiger partial charge in [0.25, 0.3) is 5.91 Å². The van der Waals surface area contributed by atoms with Gasteiger partial charge in [-0.1, -0.05) is 26.8 Å². The van der Waals surface area contributed by atoms with Crippen LogP contribution in [-0.2, 0) is 4.79 Å². The molecule has 2 aliphatic heterocycles. The molecule has 1 aromatic carbocycles. The Morgan fingerprint density at radius 2 is 1.88 bits per heavy atom. The van der Waals surface area contributed by atoms with Gasteiger partial charge in [0, 0.05) is 6.42 Å². The molecule has 0 bridgehead atoms. The summed E-state index contributed by atoms with van der Waals surface area (Å²) in [5, 5.41) is 3.26. The summed E-state index contributed by atoms with van der Waals surface area (Å²) in [6.07, 6.45) is 3.34. The monoisotopic (exact) mass is 361 g/mol. The van der Waals surface area contributed by atoms with Gasteiger partial charge in [-0.2, -0.15) is 0 Å². The zero-order chi connectivity index (χ0) is 18.5. The highest BCUT2D eigenvalue weighted by atomic mass is 16.5. The van der Waals surface area contributed by atoms with Gasteiger partial charge in [0.15, 0.2) is 18.0 Å². The Labute approximate surface area is 157 Å². The summed E-state index contributed by atoms with van der Waals surface area (Å²) in [7, 11) is 0. The standard InChI is InChI=1S/C21H32N2O3/c1-15(2)21(22-20(24)14-23-9-7-16(3)8-10-23)17-5-6-18-19(13-17)26-12-4-11-25-18/h5-6,13,15-16,21H,4,7-12,14H2,1-3H3,(H,22,24)/p+1/t21-/m0/s1. The van der Waals surface area contributed by atoms with Crippen molar-refractivity contribution in [1.29, 1.82) is 0 Å². The van der Waals surface area contributed by atoms with Gasteiger partial charge in [0.05, 0.1) is 32.3 Å². The molecule has 0 radical (unpaired) electrons. The maximum absolute atomic E-state index is 12.6. The van der Waals surface area contributed by atoms with Crippen LogP contribution in [0.1, 0.15) is 51.6 Å². The van der Waals surface area contributed by atoms with Crippen LogP contribution in [-0.4, -0.2) is 38.8 Å². The minimum atomic E-state index is -0.0113. The summed E-state index contributed by atoms with van der Waals surface area (Å²) in [5.74, 6) is 2.83. The molecule has 1 atom stereocenters. The van der Waals surface area contributed by atoms with Crippen LogP contribution in [0.3, 0.4) is 0 Å². The van der Waals surface area contributed by atoms with E-state index in [0.717, 1.165) is 42.5 Å². The van der Waals surface area contributed by atoms with E-state index >= 15 is 0 Å². The Balaban J connectivity index is 1.65. The van der Waals surface area contributed by atoms with Crippen molar-refractivity contribution >= 4 is 5.91 Å². The molecule has 0 aliphatic carbocycles. The van der Waals surface area contributed by atoms with Gasteiger partial charge in [0.1, 0.15) is 0 Å². The van der Waals surface area contributed by atoms with E-state index in [9.17, 15) is 4.79 Å². The van der Waals surface area contributed by atoms with Crippen molar-refractivity contribution in [1.82, 2.24) is 5.32 Å². The van der Waals surface area contributed by atoms with Gasteiger partial charge in [-0.3, -0.25) is 4.79 Å². The van der Waals surface area contributed by atoms with Crippen LogP contribution in [0.5, 0.6) is 11.5 Å². The zero-order valence-corrected chi connectivity index (χ0v) is 16.3.